The second-order valence-electron chi connectivity index (χ2n) is 4.48. The smallest absolute Gasteiger partial charge is 0.292 e. The Morgan fingerprint density at radius 3 is 2.19 bits per heavy atom. The molecule has 16 heavy (non-hydrogen) atoms. The lowest BCUT2D eigenvalue weighted by Crippen LogP contribution is -2.22. The molecule has 1 aromatic rings. The number of alkyl halides is 3. The number of nitrogens with zero attached hydrogens (tertiary/aromatic N) is 1. The number of hydrogen-bond acceptors (Lipinski definition) is 2. The van der Waals surface area contributed by atoms with Crippen molar-refractivity contribution in [3.05, 3.63) is 29.6 Å². The van der Waals surface area contributed by atoms with Gasteiger partial charge in [-0.25, -0.2) is 4.98 Å². The van der Waals surface area contributed by atoms with Gasteiger partial charge in [0.15, 0.2) is 5.78 Å². The molecule has 88 valence electrons. The average molecular weight is 231 g/mol. The van der Waals surface area contributed by atoms with Gasteiger partial charge in [-0.15, -0.1) is 0 Å². The van der Waals surface area contributed by atoms with Crippen molar-refractivity contribution in [3.8, 4) is 0 Å². The maximum absolute atomic E-state index is 12.4. The van der Waals surface area contributed by atoms with E-state index in [1.165, 1.54) is 12.1 Å². The number of carbonyl (C=O) groups excluding carboxylic acids is 1. The third-order valence-corrected chi connectivity index (χ3v) is 1.95. The van der Waals surface area contributed by atoms with Crippen molar-refractivity contribution in [1.29, 1.82) is 0 Å². The molecule has 0 unspecified atom stereocenters. The molecule has 0 bridgehead atoms. The van der Waals surface area contributed by atoms with E-state index in [1.807, 2.05) is 0 Å². The van der Waals surface area contributed by atoms with Crippen LogP contribution in [0.2, 0.25) is 0 Å². The molecular formula is C11H12F3NO. The molecular weight excluding hydrogens is 219 g/mol. The number of halogens is 3. The highest BCUT2D eigenvalue weighted by Gasteiger charge is 2.34. The van der Waals surface area contributed by atoms with Crippen LogP contribution < -0.4 is 0 Å². The normalized spacial score (nSPS) is 12.6. The average Bonchev–Trinajstić information content (AvgIpc) is 2.14. The molecule has 0 fully saturated rings. The van der Waals surface area contributed by atoms with Gasteiger partial charge < -0.3 is 0 Å². The predicted octanol–water partition coefficient (Wildman–Crippen LogP) is 3.33. The van der Waals surface area contributed by atoms with E-state index in [0.717, 1.165) is 6.07 Å². The highest BCUT2D eigenvalue weighted by atomic mass is 19.4. The molecule has 1 heterocycles. The fourth-order valence-corrected chi connectivity index (χ4v) is 1.10. The van der Waals surface area contributed by atoms with Crippen LogP contribution >= 0.6 is 0 Å². The Morgan fingerprint density at radius 2 is 1.75 bits per heavy atom. The van der Waals surface area contributed by atoms with E-state index in [1.54, 1.807) is 20.8 Å². The molecule has 0 N–H and O–H groups in total. The molecule has 1 aromatic heterocycles. The number of hydrogen-bond donors (Lipinski definition) is 0. The highest BCUT2D eigenvalue weighted by Crippen LogP contribution is 2.28. The molecule has 2 nitrogen and oxygen atoms in total. The zero-order valence-electron chi connectivity index (χ0n) is 9.22. The van der Waals surface area contributed by atoms with Crippen molar-refractivity contribution in [2.75, 3.05) is 0 Å². The van der Waals surface area contributed by atoms with Crippen molar-refractivity contribution < 1.29 is 18.0 Å². The molecule has 0 aromatic carbocycles. The summed E-state index contributed by atoms with van der Waals surface area (Å²) in [5.41, 5.74) is -1.93. The molecule has 0 atom stereocenters. The van der Waals surface area contributed by atoms with Gasteiger partial charge in [0.2, 0.25) is 0 Å². The fraction of sp³-hybridized carbons (Fsp3) is 0.455. The van der Waals surface area contributed by atoms with Gasteiger partial charge in [0.25, 0.3) is 0 Å². The first-order chi connectivity index (χ1) is 7.12. The van der Waals surface area contributed by atoms with Gasteiger partial charge in [-0.2, -0.15) is 13.2 Å². The molecule has 0 aliphatic carbocycles. The molecule has 0 radical (unpaired) electrons. The third-order valence-electron chi connectivity index (χ3n) is 1.95. The first kappa shape index (κ1) is 12.7. The largest absolute Gasteiger partial charge is 0.433 e. The third kappa shape index (κ3) is 2.81. The molecule has 0 aliphatic heterocycles. The topological polar surface area (TPSA) is 30.0 Å². The fourth-order valence-electron chi connectivity index (χ4n) is 1.10. The van der Waals surface area contributed by atoms with Crippen molar-refractivity contribution in [1.82, 2.24) is 4.98 Å². The van der Waals surface area contributed by atoms with Gasteiger partial charge in [-0.05, 0) is 12.1 Å². The zero-order valence-corrected chi connectivity index (χ0v) is 9.22. The molecule has 0 amide bonds. The highest BCUT2D eigenvalue weighted by molar-refractivity contribution is 5.98. The van der Waals surface area contributed by atoms with Crippen LogP contribution in [0, 0.1) is 5.41 Å². The van der Waals surface area contributed by atoms with E-state index in [4.69, 9.17) is 0 Å². The Labute approximate surface area is 91.5 Å². The second kappa shape index (κ2) is 3.88. The summed E-state index contributed by atoms with van der Waals surface area (Å²) in [6.45, 7) is 4.91. The number of aromatic nitrogens is 1. The molecule has 5 heteroatoms. The Hall–Kier alpha value is -1.39. The summed E-state index contributed by atoms with van der Waals surface area (Å²) in [5, 5.41) is 0. The van der Waals surface area contributed by atoms with Crippen LogP contribution in [0.5, 0.6) is 0 Å². The SMILES string of the molecule is CC(C)(C)C(=O)c1cccc(C(F)(F)F)n1. The van der Waals surface area contributed by atoms with E-state index in [2.05, 4.69) is 4.98 Å². The second-order valence-corrected chi connectivity index (χ2v) is 4.48. The lowest BCUT2D eigenvalue weighted by Gasteiger charge is -2.16. The summed E-state index contributed by atoms with van der Waals surface area (Å²) in [6, 6.07) is 3.33. The van der Waals surface area contributed by atoms with Crippen molar-refractivity contribution in [2.24, 2.45) is 5.41 Å². The van der Waals surface area contributed by atoms with Crippen LogP contribution in [0.1, 0.15) is 37.0 Å². The van der Waals surface area contributed by atoms with E-state index < -0.39 is 23.1 Å². The summed E-state index contributed by atoms with van der Waals surface area (Å²) < 4.78 is 37.1. The summed E-state index contributed by atoms with van der Waals surface area (Å²) >= 11 is 0. The minimum Gasteiger partial charge on any atom is -0.292 e. The maximum Gasteiger partial charge on any atom is 0.433 e. The van der Waals surface area contributed by atoms with Gasteiger partial charge in [-0.1, -0.05) is 26.8 Å². The summed E-state index contributed by atoms with van der Waals surface area (Å²) in [6.07, 6.45) is -4.52. The first-order valence-corrected chi connectivity index (χ1v) is 4.71. The number of carbonyl (C=O) groups is 1. The van der Waals surface area contributed by atoms with E-state index in [-0.39, 0.29) is 5.69 Å². The predicted molar refractivity (Wildman–Crippen MR) is 53.0 cm³/mol. The monoisotopic (exact) mass is 231 g/mol. The van der Waals surface area contributed by atoms with E-state index >= 15 is 0 Å². The zero-order chi connectivity index (χ0) is 12.6. The number of ketones is 1. The lowest BCUT2D eigenvalue weighted by atomic mass is 9.89. The maximum atomic E-state index is 12.4. The van der Waals surface area contributed by atoms with Gasteiger partial charge >= 0.3 is 6.18 Å². The summed E-state index contributed by atoms with van der Waals surface area (Å²) in [7, 11) is 0. The van der Waals surface area contributed by atoms with Crippen LogP contribution in [0.3, 0.4) is 0 Å². The van der Waals surface area contributed by atoms with Crippen LogP contribution in [0.4, 0.5) is 13.2 Å². The molecule has 0 aliphatic rings. The minimum absolute atomic E-state index is 0.151. The Balaban J connectivity index is 3.14. The number of Topliss-reactive ketones (excluding diaryl/α,β-unsaturated/α-hetero) is 1. The van der Waals surface area contributed by atoms with E-state index in [0.29, 0.717) is 0 Å². The Morgan fingerprint density at radius 1 is 1.19 bits per heavy atom. The Bertz CT molecular complexity index is 404. The van der Waals surface area contributed by atoms with Gasteiger partial charge in [0.05, 0.1) is 0 Å². The molecule has 0 saturated heterocycles. The van der Waals surface area contributed by atoms with Crippen LogP contribution in [0.25, 0.3) is 0 Å². The molecule has 0 saturated carbocycles. The van der Waals surface area contributed by atoms with Crippen LogP contribution in [0.15, 0.2) is 18.2 Å². The molecule has 0 spiro atoms. The minimum atomic E-state index is -4.52. The number of rotatable bonds is 1. The lowest BCUT2D eigenvalue weighted by molar-refractivity contribution is -0.141. The Kier molecular flexibility index (Phi) is 3.08. The van der Waals surface area contributed by atoms with Gasteiger partial charge in [-0.3, -0.25) is 4.79 Å². The standard InChI is InChI=1S/C11H12F3NO/c1-10(2,3)9(16)7-5-4-6-8(15-7)11(12,13)14/h4-6H,1-3H3. The van der Waals surface area contributed by atoms with Crippen molar-refractivity contribution >= 4 is 5.78 Å². The van der Waals surface area contributed by atoms with Crippen molar-refractivity contribution in [2.45, 2.75) is 26.9 Å². The van der Waals surface area contributed by atoms with Gasteiger partial charge in [0.1, 0.15) is 11.4 Å². The number of pyridine rings is 1. The summed E-state index contributed by atoms with van der Waals surface area (Å²) in [4.78, 5) is 15.1. The first-order valence-electron chi connectivity index (χ1n) is 4.71. The van der Waals surface area contributed by atoms with Gasteiger partial charge in [0, 0.05) is 5.41 Å². The quantitative estimate of drug-likeness (QED) is 0.694. The van der Waals surface area contributed by atoms with Crippen LogP contribution in [-0.4, -0.2) is 10.8 Å². The van der Waals surface area contributed by atoms with E-state index in [9.17, 15) is 18.0 Å². The van der Waals surface area contributed by atoms with Crippen LogP contribution in [-0.2, 0) is 6.18 Å². The molecule has 1 rings (SSSR count). The van der Waals surface area contributed by atoms with Crippen molar-refractivity contribution in [3.63, 3.8) is 0 Å². The summed E-state index contributed by atoms with van der Waals surface area (Å²) in [5.74, 6) is -0.404.